The molecule has 0 aliphatic carbocycles. The van der Waals surface area contributed by atoms with Crippen LogP contribution < -0.4 is 14.8 Å². The van der Waals surface area contributed by atoms with Gasteiger partial charge in [-0.3, -0.25) is 4.79 Å². The van der Waals surface area contributed by atoms with Gasteiger partial charge in [-0.1, -0.05) is 23.5 Å². The normalized spacial score (nSPS) is 15.9. The number of benzene rings is 2. The van der Waals surface area contributed by atoms with E-state index >= 15 is 0 Å². The molecule has 2 aromatic carbocycles. The summed E-state index contributed by atoms with van der Waals surface area (Å²) in [5, 5.41) is 8.50. The van der Waals surface area contributed by atoms with Crippen LogP contribution in [-0.4, -0.2) is 40.6 Å². The third kappa shape index (κ3) is 3.51. The monoisotopic (exact) mass is 466 g/mol. The number of nitrogens with zero attached hydrogens (tertiary/aromatic N) is 3. The lowest BCUT2D eigenvalue weighted by molar-refractivity contribution is -0.113. The first-order valence-corrected chi connectivity index (χ1v) is 12.0. The van der Waals surface area contributed by atoms with Gasteiger partial charge >= 0.3 is 0 Å². The minimum absolute atomic E-state index is 0.0580. The molecule has 0 unspecified atom stereocenters. The number of carbonyl (C=O) groups is 1. The number of fused-ring (bicyclic) bond motifs is 2. The van der Waals surface area contributed by atoms with Crippen LogP contribution in [0.3, 0.4) is 0 Å². The highest BCUT2D eigenvalue weighted by Gasteiger charge is 2.31. The molecule has 3 heterocycles. The molecule has 0 saturated heterocycles. The van der Waals surface area contributed by atoms with E-state index in [9.17, 15) is 4.79 Å². The zero-order valence-electron chi connectivity index (χ0n) is 18.1. The van der Waals surface area contributed by atoms with Gasteiger partial charge in [0.2, 0.25) is 11.0 Å². The summed E-state index contributed by atoms with van der Waals surface area (Å²) in [6, 6.07) is 12.0. The predicted molar refractivity (Wildman–Crippen MR) is 129 cm³/mol. The van der Waals surface area contributed by atoms with Crippen LogP contribution in [0.2, 0.25) is 0 Å². The molecule has 0 radical (unpaired) electrons. The van der Waals surface area contributed by atoms with Gasteiger partial charge in [-0.05, 0) is 49.2 Å². The van der Waals surface area contributed by atoms with Crippen molar-refractivity contribution in [3.05, 3.63) is 58.8 Å². The first-order valence-electron chi connectivity index (χ1n) is 10.1. The first-order chi connectivity index (χ1) is 15.5. The lowest BCUT2D eigenvalue weighted by Gasteiger charge is -2.17. The van der Waals surface area contributed by atoms with Gasteiger partial charge in [0.05, 0.1) is 41.1 Å². The standard InChI is InChI=1S/C23H22N4O3S2/c1-12-5-7-15-18(9-12)32-23(24-15)27-22-20(13(2)26-27)21(31-11-19(28)25-22)14-6-8-16(29-3)17(10-14)30-4/h5-10,21H,11H2,1-4H3,(H,25,28)/t21-/m0/s1. The molecule has 0 bridgehead atoms. The van der Waals surface area contributed by atoms with Crippen LogP contribution in [0.1, 0.15) is 27.6 Å². The Kier molecular flexibility index (Phi) is 5.30. The molecule has 7 nitrogen and oxygen atoms in total. The maximum Gasteiger partial charge on any atom is 0.235 e. The Bertz CT molecular complexity index is 1340. The number of nitrogens with one attached hydrogen (secondary N) is 1. The van der Waals surface area contributed by atoms with Gasteiger partial charge in [-0.15, -0.1) is 11.8 Å². The number of hydrogen-bond donors (Lipinski definition) is 1. The van der Waals surface area contributed by atoms with Gasteiger partial charge in [-0.2, -0.15) is 9.78 Å². The molecule has 1 aliphatic rings. The number of anilines is 1. The number of aromatic nitrogens is 3. The zero-order valence-corrected chi connectivity index (χ0v) is 19.8. The summed E-state index contributed by atoms with van der Waals surface area (Å²) in [5.41, 5.74) is 4.95. The SMILES string of the molecule is COc1ccc([C@@H]2SCC(=O)Nc3c2c(C)nn3-c2nc3ccc(C)cc3s2)cc1OC. The van der Waals surface area contributed by atoms with E-state index in [1.807, 2.05) is 37.3 Å². The maximum absolute atomic E-state index is 12.6. The number of rotatable bonds is 4. The van der Waals surface area contributed by atoms with Gasteiger partial charge in [0.1, 0.15) is 5.82 Å². The minimum Gasteiger partial charge on any atom is -0.493 e. The second kappa shape index (κ2) is 8.14. The number of thiazole rings is 1. The summed E-state index contributed by atoms with van der Waals surface area (Å²) < 4.78 is 13.8. The van der Waals surface area contributed by atoms with Crippen molar-refractivity contribution in [2.24, 2.45) is 0 Å². The van der Waals surface area contributed by atoms with Crippen molar-refractivity contribution < 1.29 is 14.3 Å². The molecule has 1 atom stereocenters. The number of carbonyl (C=O) groups excluding carboxylic acids is 1. The highest BCUT2D eigenvalue weighted by atomic mass is 32.2. The Hall–Kier alpha value is -3.04. The molecule has 0 fully saturated rings. The van der Waals surface area contributed by atoms with Gasteiger partial charge < -0.3 is 14.8 Å². The van der Waals surface area contributed by atoms with Crippen molar-refractivity contribution in [2.75, 3.05) is 25.3 Å². The molecule has 1 N–H and O–H groups in total. The molecule has 4 aromatic rings. The fourth-order valence-corrected chi connectivity index (χ4v) is 6.11. The van der Waals surface area contributed by atoms with Crippen molar-refractivity contribution in [1.29, 1.82) is 0 Å². The minimum atomic E-state index is -0.0888. The Morgan fingerprint density at radius 1 is 1.09 bits per heavy atom. The van der Waals surface area contributed by atoms with Gasteiger partial charge in [0, 0.05) is 5.56 Å². The van der Waals surface area contributed by atoms with Gasteiger partial charge in [0.25, 0.3) is 0 Å². The van der Waals surface area contributed by atoms with Crippen LogP contribution in [0, 0.1) is 13.8 Å². The summed E-state index contributed by atoms with van der Waals surface area (Å²) in [4.78, 5) is 17.4. The molecule has 9 heteroatoms. The summed E-state index contributed by atoms with van der Waals surface area (Å²) in [6.07, 6.45) is 0. The van der Waals surface area contributed by atoms with Gasteiger partial charge in [0.15, 0.2) is 11.5 Å². The van der Waals surface area contributed by atoms with Crippen LogP contribution >= 0.6 is 23.1 Å². The predicted octanol–water partition coefficient (Wildman–Crippen LogP) is 4.89. The molecule has 164 valence electrons. The second-order valence-corrected chi connectivity index (χ2v) is 9.68. The van der Waals surface area contributed by atoms with Crippen LogP contribution in [0.25, 0.3) is 15.3 Å². The average Bonchev–Trinajstić information content (AvgIpc) is 3.28. The van der Waals surface area contributed by atoms with Gasteiger partial charge in [-0.25, -0.2) is 4.98 Å². The van der Waals surface area contributed by atoms with E-state index < -0.39 is 0 Å². The van der Waals surface area contributed by atoms with Crippen molar-refractivity contribution in [3.63, 3.8) is 0 Å². The lowest BCUT2D eigenvalue weighted by Crippen LogP contribution is -2.15. The highest BCUT2D eigenvalue weighted by molar-refractivity contribution is 8.00. The molecule has 0 saturated carbocycles. The number of hydrogen-bond acceptors (Lipinski definition) is 7. The molecular weight excluding hydrogens is 444 g/mol. The van der Waals surface area contributed by atoms with E-state index in [-0.39, 0.29) is 11.2 Å². The first kappa shape index (κ1) is 20.8. The third-order valence-corrected chi connectivity index (χ3v) is 7.70. The number of aryl methyl sites for hydroxylation is 2. The van der Waals surface area contributed by atoms with Crippen molar-refractivity contribution in [2.45, 2.75) is 19.1 Å². The summed E-state index contributed by atoms with van der Waals surface area (Å²) >= 11 is 3.13. The summed E-state index contributed by atoms with van der Waals surface area (Å²) in [6.45, 7) is 4.03. The fourth-order valence-electron chi connectivity index (χ4n) is 3.91. The second-order valence-electron chi connectivity index (χ2n) is 7.58. The van der Waals surface area contributed by atoms with E-state index in [0.29, 0.717) is 23.1 Å². The molecule has 1 amide bonds. The molecule has 5 rings (SSSR count). The smallest absolute Gasteiger partial charge is 0.235 e. The molecule has 1 aliphatic heterocycles. The Morgan fingerprint density at radius 3 is 2.69 bits per heavy atom. The van der Waals surface area contributed by atoms with E-state index in [2.05, 4.69) is 18.3 Å². The van der Waals surface area contributed by atoms with E-state index in [1.54, 1.807) is 42.0 Å². The third-order valence-electron chi connectivity index (χ3n) is 5.43. The number of amides is 1. The van der Waals surface area contributed by atoms with E-state index in [4.69, 9.17) is 19.6 Å². The average molecular weight is 467 g/mol. The Labute approximate surface area is 193 Å². The zero-order chi connectivity index (χ0) is 22.4. The summed E-state index contributed by atoms with van der Waals surface area (Å²) in [7, 11) is 3.24. The molecule has 32 heavy (non-hydrogen) atoms. The highest BCUT2D eigenvalue weighted by Crippen LogP contribution is 2.46. The Morgan fingerprint density at radius 2 is 1.91 bits per heavy atom. The summed E-state index contributed by atoms with van der Waals surface area (Å²) in [5.74, 6) is 2.28. The largest absolute Gasteiger partial charge is 0.493 e. The van der Waals surface area contributed by atoms with Crippen LogP contribution in [0.5, 0.6) is 11.5 Å². The van der Waals surface area contributed by atoms with Crippen molar-refractivity contribution in [1.82, 2.24) is 14.8 Å². The van der Waals surface area contributed by atoms with Crippen LogP contribution in [-0.2, 0) is 4.79 Å². The quantitative estimate of drug-likeness (QED) is 0.461. The van der Waals surface area contributed by atoms with Crippen molar-refractivity contribution >= 4 is 45.0 Å². The van der Waals surface area contributed by atoms with E-state index in [0.717, 1.165) is 32.2 Å². The topological polar surface area (TPSA) is 78.3 Å². The van der Waals surface area contributed by atoms with Crippen molar-refractivity contribution in [3.8, 4) is 16.6 Å². The molecular formula is C23H22N4O3S2. The molecule has 0 spiro atoms. The molecule has 2 aromatic heterocycles. The lowest BCUT2D eigenvalue weighted by atomic mass is 10.0. The maximum atomic E-state index is 12.6. The van der Waals surface area contributed by atoms with Crippen LogP contribution in [0.4, 0.5) is 5.82 Å². The fraction of sp³-hybridized carbons (Fsp3) is 0.261. The number of ether oxygens (including phenoxy) is 2. The number of methoxy groups -OCH3 is 2. The Balaban J connectivity index is 1.66. The van der Waals surface area contributed by atoms with E-state index in [1.165, 1.54) is 5.56 Å². The number of thioether (sulfide) groups is 1. The van der Waals surface area contributed by atoms with Crippen LogP contribution in [0.15, 0.2) is 36.4 Å².